The van der Waals surface area contributed by atoms with Gasteiger partial charge in [0, 0.05) is 17.0 Å². The minimum atomic E-state index is -4.96. The number of fused-ring (bicyclic) bond motifs is 2. The largest absolute Gasteiger partial charge is 1.00 e. The average Bonchev–Trinajstić information content (AvgIpc) is 2.77. The molecule has 0 saturated heterocycles. The van der Waals surface area contributed by atoms with Gasteiger partial charge in [0.2, 0.25) is 0 Å². The van der Waals surface area contributed by atoms with E-state index in [1.54, 1.807) is 0 Å². The van der Waals surface area contributed by atoms with Crippen LogP contribution < -0.4 is 29.6 Å². The maximum Gasteiger partial charge on any atom is 1.00 e. The van der Waals surface area contributed by atoms with Crippen LogP contribution in [0.3, 0.4) is 0 Å². The molecule has 0 aromatic carbocycles. The molecule has 0 N–H and O–H groups in total. The molecule has 2 rings (SSSR count). The Morgan fingerprint density at radius 2 is 1.71 bits per heavy atom. The molecule has 17 heavy (non-hydrogen) atoms. The zero-order chi connectivity index (χ0) is 12.1. The van der Waals surface area contributed by atoms with Gasteiger partial charge in [0.05, 0.1) is 0 Å². The molecule has 2 nitrogen and oxygen atoms in total. The van der Waals surface area contributed by atoms with Crippen LogP contribution in [-0.4, -0.2) is 19.9 Å². The minimum Gasteiger partial charge on any atom is -0.768 e. The second kappa shape index (κ2) is 5.07. The predicted octanol–water partition coefficient (Wildman–Crippen LogP) is -0.466. The fraction of sp³-hybridized carbons (Fsp3) is 1.00. The first-order valence-corrected chi connectivity index (χ1v) is 6.19. The van der Waals surface area contributed by atoms with Gasteiger partial charge in [-0.1, -0.05) is 6.42 Å². The molecule has 2 fully saturated rings. The molecule has 0 heterocycles. The second-order valence-corrected chi connectivity index (χ2v) is 5.64. The van der Waals surface area contributed by atoms with Crippen molar-refractivity contribution >= 4 is 11.1 Å². The van der Waals surface area contributed by atoms with E-state index in [0.29, 0.717) is 12.8 Å². The van der Waals surface area contributed by atoms with Crippen LogP contribution in [0.2, 0.25) is 0 Å². The fourth-order valence-electron chi connectivity index (χ4n) is 3.02. The number of alkyl halides is 4. The van der Waals surface area contributed by atoms with Crippen molar-refractivity contribution in [3.05, 3.63) is 0 Å². The van der Waals surface area contributed by atoms with Crippen LogP contribution in [0.5, 0.6) is 0 Å². The summed E-state index contributed by atoms with van der Waals surface area (Å²) in [4.78, 5) is 0. The normalized spacial score (nSPS) is 34.5. The molecule has 2 saturated carbocycles. The van der Waals surface area contributed by atoms with Gasteiger partial charge >= 0.3 is 40.7 Å². The molecule has 2 bridgehead atoms. The van der Waals surface area contributed by atoms with Crippen molar-refractivity contribution in [3.8, 4) is 0 Å². The molecule has 8 heteroatoms. The standard InChI is InChI=1S/C9H12F4O2S.Na/c10-8(11,9(12,13)16(14)15)7-4-5-1-2-6(7)3-5;/h5-7H,1-4H2,(H,14,15);/q;+1/p-1. The zero-order valence-corrected chi connectivity index (χ0v) is 12.1. The zero-order valence-electron chi connectivity index (χ0n) is 9.30. The van der Waals surface area contributed by atoms with Gasteiger partial charge in [-0.15, -0.1) is 0 Å². The molecular formula is C9H11F4NaO2S. The molecule has 0 radical (unpaired) electrons. The van der Waals surface area contributed by atoms with Gasteiger partial charge in [0.1, 0.15) is 0 Å². The maximum absolute atomic E-state index is 13.5. The number of halogens is 4. The van der Waals surface area contributed by atoms with Crippen molar-refractivity contribution in [3.63, 3.8) is 0 Å². The molecule has 0 amide bonds. The molecule has 2 aliphatic carbocycles. The van der Waals surface area contributed by atoms with Crippen LogP contribution in [0.1, 0.15) is 25.7 Å². The topological polar surface area (TPSA) is 40.1 Å². The first-order chi connectivity index (χ1) is 7.26. The Morgan fingerprint density at radius 1 is 1.12 bits per heavy atom. The van der Waals surface area contributed by atoms with Crippen molar-refractivity contribution in [1.82, 2.24) is 0 Å². The van der Waals surface area contributed by atoms with Crippen LogP contribution in [0.4, 0.5) is 17.6 Å². The molecule has 4 atom stereocenters. The van der Waals surface area contributed by atoms with Gasteiger partial charge < -0.3 is 4.55 Å². The Kier molecular flexibility index (Phi) is 4.74. The van der Waals surface area contributed by atoms with Gasteiger partial charge in [0.15, 0.2) is 0 Å². The third-order valence-corrected chi connectivity index (χ3v) is 4.49. The van der Waals surface area contributed by atoms with Crippen molar-refractivity contribution in [2.75, 3.05) is 0 Å². The second-order valence-electron chi connectivity index (χ2n) is 4.66. The molecule has 4 unspecified atom stereocenters. The van der Waals surface area contributed by atoms with Crippen molar-refractivity contribution < 1.29 is 55.9 Å². The molecule has 0 aliphatic heterocycles. The van der Waals surface area contributed by atoms with E-state index >= 15 is 0 Å². The summed E-state index contributed by atoms with van der Waals surface area (Å²) in [5.41, 5.74) is 0. The third kappa shape index (κ3) is 2.45. The Bertz CT molecular complexity index is 326. The number of hydrogen-bond acceptors (Lipinski definition) is 2. The van der Waals surface area contributed by atoms with E-state index in [1.807, 2.05) is 0 Å². The van der Waals surface area contributed by atoms with Crippen LogP contribution in [0.25, 0.3) is 0 Å². The summed E-state index contributed by atoms with van der Waals surface area (Å²) in [5, 5.41) is -4.96. The smallest absolute Gasteiger partial charge is 0.768 e. The number of rotatable bonds is 3. The maximum atomic E-state index is 13.5. The third-order valence-electron chi connectivity index (χ3n) is 3.80. The van der Waals surface area contributed by atoms with Gasteiger partial charge in [-0.3, -0.25) is 4.21 Å². The van der Waals surface area contributed by atoms with E-state index in [2.05, 4.69) is 0 Å². The molecule has 0 spiro atoms. The minimum absolute atomic E-state index is 0. The van der Waals surface area contributed by atoms with Gasteiger partial charge in [-0.2, -0.15) is 17.6 Å². The van der Waals surface area contributed by atoms with Crippen LogP contribution in [0.15, 0.2) is 0 Å². The summed E-state index contributed by atoms with van der Waals surface area (Å²) in [6.45, 7) is 0. The molecule has 0 aromatic heterocycles. The predicted molar refractivity (Wildman–Crippen MR) is 47.8 cm³/mol. The van der Waals surface area contributed by atoms with Crippen molar-refractivity contribution in [2.45, 2.75) is 36.9 Å². The Labute approximate surface area is 121 Å². The summed E-state index contributed by atoms with van der Waals surface area (Å²) in [6, 6.07) is 0. The van der Waals surface area contributed by atoms with E-state index in [9.17, 15) is 26.3 Å². The average molecular weight is 282 g/mol. The molecule has 0 aromatic rings. The Hall–Kier alpha value is 0.830. The van der Waals surface area contributed by atoms with Gasteiger partial charge in [-0.25, -0.2) is 0 Å². The molecular weight excluding hydrogens is 271 g/mol. The van der Waals surface area contributed by atoms with Crippen molar-refractivity contribution in [1.29, 1.82) is 0 Å². The summed E-state index contributed by atoms with van der Waals surface area (Å²) in [6.07, 6.45) is 1.85. The summed E-state index contributed by atoms with van der Waals surface area (Å²) < 4.78 is 73.2. The van der Waals surface area contributed by atoms with Crippen LogP contribution in [0, 0.1) is 17.8 Å². The van der Waals surface area contributed by atoms with Crippen LogP contribution in [-0.2, 0) is 11.1 Å². The van der Waals surface area contributed by atoms with E-state index < -0.39 is 34.1 Å². The number of hydrogen-bond donors (Lipinski definition) is 0. The SMILES string of the molecule is O=S([O-])C(F)(F)C(F)(F)C1CC2CCC1C2.[Na+]. The quantitative estimate of drug-likeness (QED) is 0.399. The Balaban J connectivity index is 0.00000144. The van der Waals surface area contributed by atoms with Crippen molar-refractivity contribution in [2.24, 2.45) is 17.8 Å². The molecule has 94 valence electrons. The van der Waals surface area contributed by atoms with Gasteiger partial charge in [0.25, 0.3) is 0 Å². The monoisotopic (exact) mass is 282 g/mol. The van der Waals surface area contributed by atoms with E-state index in [1.165, 1.54) is 0 Å². The first kappa shape index (κ1) is 15.9. The van der Waals surface area contributed by atoms with E-state index in [0.717, 1.165) is 6.42 Å². The van der Waals surface area contributed by atoms with Crippen LogP contribution >= 0.6 is 0 Å². The fourth-order valence-corrected chi connectivity index (χ4v) is 3.39. The summed E-state index contributed by atoms with van der Waals surface area (Å²) in [5.74, 6) is -6.32. The summed E-state index contributed by atoms with van der Waals surface area (Å²) in [7, 11) is 0. The van der Waals surface area contributed by atoms with E-state index in [-0.39, 0.29) is 41.9 Å². The van der Waals surface area contributed by atoms with E-state index in [4.69, 9.17) is 0 Å². The molecule has 2 aliphatic rings. The van der Waals surface area contributed by atoms with Gasteiger partial charge in [-0.05, 0) is 31.1 Å². The Morgan fingerprint density at radius 3 is 2.06 bits per heavy atom. The first-order valence-electron chi connectivity index (χ1n) is 5.11. The summed E-state index contributed by atoms with van der Waals surface area (Å²) >= 11 is -4.08.